The number of nitrogens with one attached hydrogen (secondary N) is 1. The summed E-state index contributed by atoms with van der Waals surface area (Å²) in [6, 6.07) is 5.12. The Morgan fingerprint density at radius 3 is 2.86 bits per heavy atom. The number of benzene rings is 1. The maximum atomic E-state index is 12.5. The summed E-state index contributed by atoms with van der Waals surface area (Å²) in [5, 5.41) is 3.28. The van der Waals surface area contributed by atoms with Crippen LogP contribution in [-0.4, -0.2) is 23.0 Å². The molecule has 2 aromatic rings. The van der Waals surface area contributed by atoms with E-state index in [1.165, 1.54) is 6.33 Å². The number of nitrogens with zero attached hydrogens (tertiary/aromatic N) is 2. The fourth-order valence-electron chi connectivity index (χ4n) is 2.65. The molecule has 0 atom stereocenters. The summed E-state index contributed by atoms with van der Waals surface area (Å²) < 4.78 is 5.10. The van der Waals surface area contributed by atoms with E-state index in [2.05, 4.69) is 15.3 Å². The van der Waals surface area contributed by atoms with Gasteiger partial charge in [-0.05, 0) is 43.9 Å². The van der Waals surface area contributed by atoms with Crippen molar-refractivity contribution in [1.82, 2.24) is 9.97 Å². The molecule has 1 N–H and O–H groups in total. The Balaban J connectivity index is 1.84. The summed E-state index contributed by atoms with van der Waals surface area (Å²) in [5.41, 5.74) is 3.01. The summed E-state index contributed by atoms with van der Waals surface area (Å²) >= 11 is 6.07. The predicted octanol–water partition coefficient (Wildman–Crippen LogP) is 3.27. The van der Waals surface area contributed by atoms with Crippen molar-refractivity contribution in [2.75, 3.05) is 12.4 Å². The number of hydrogen-bond acceptors (Lipinski definition) is 4. The first-order valence-electron chi connectivity index (χ1n) is 7.16. The van der Waals surface area contributed by atoms with E-state index >= 15 is 0 Å². The molecule has 0 saturated carbocycles. The number of ether oxygens (including phenoxy) is 1. The molecule has 0 aliphatic heterocycles. The van der Waals surface area contributed by atoms with Crippen molar-refractivity contribution in [2.24, 2.45) is 0 Å². The Bertz CT molecular complexity index is 719. The number of methoxy groups -OCH3 is 1. The minimum atomic E-state index is -0.234. The van der Waals surface area contributed by atoms with Crippen molar-refractivity contribution in [2.45, 2.75) is 25.7 Å². The second-order valence-corrected chi connectivity index (χ2v) is 5.57. The van der Waals surface area contributed by atoms with Gasteiger partial charge in [0.15, 0.2) is 0 Å². The van der Waals surface area contributed by atoms with Crippen LogP contribution in [-0.2, 0) is 12.8 Å². The third-order valence-corrected chi connectivity index (χ3v) is 4.05. The molecule has 5 nitrogen and oxygen atoms in total. The minimum absolute atomic E-state index is 0.234. The fraction of sp³-hybridized carbons (Fsp3) is 0.312. The highest BCUT2D eigenvalue weighted by Crippen LogP contribution is 2.28. The monoisotopic (exact) mass is 317 g/mol. The molecule has 0 saturated heterocycles. The number of halogens is 1. The summed E-state index contributed by atoms with van der Waals surface area (Å²) in [6.07, 6.45) is 5.39. The second kappa shape index (κ2) is 6.32. The van der Waals surface area contributed by atoms with E-state index in [1.807, 2.05) is 0 Å². The zero-order valence-electron chi connectivity index (χ0n) is 12.2. The Hall–Kier alpha value is -2.14. The largest absolute Gasteiger partial charge is 0.495 e. The zero-order chi connectivity index (χ0) is 15.5. The Morgan fingerprint density at radius 1 is 1.27 bits per heavy atom. The second-order valence-electron chi connectivity index (χ2n) is 5.16. The van der Waals surface area contributed by atoms with Crippen LogP contribution in [0.5, 0.6) is 5.75 Å². The van der Waals surface area contributed by atoms with Gasteiger partial charge in [0.25, 0.3) is 5.91 Å². The lowest BCUT2D eigenvalue weighted by atomic mass is 9.94. The van der Waals surface area contributed by atoms with Gasteiger partial charge in [-0.1, -0.05) is 11.6 Å². The number of rotatable bonds is 3. The average molecular weight is 318 g/mol. The van der Waals surface area contributed by atoms with Gasteiger partial charge in [-0.15, -0.1) is 0 Å². The van der Waals surface area contributed by atoms with Crippen molar-refractivity contribution < 1.29 is 9.53 Å². The molecule has 0 spiro atoms. The number of aryl methyl sites for hydroxylation is 1. The molecule has 0 fully saturated rings. The van der Waals surface area contributed by atoms with Crippen LogP contribution in [0.3, 0.4) is 0 Å². The van der Waals surface area contributed by atoms with Crippen LogP contribution in [0, 0.1) is 0 Å². The summed E-state index contributed by atoms with van der Waals surface area (Å²) in [5.74, 6) is 0.334. The van der Waals surface area contributed by atoms with E-state index in [0.717, 1.165) is 36.9 Å². The van der Waals surface area contributed by atoms with Gasteiger partial charge in [-0.2, -0.15) is 0 Å². The Morgan fingerprint density at radius 2 is 2.09 bits per heavy atom. The highest BCUT2D eigenvalue weighted by molar-refractivity contribution is 6.32. The first-order valence-corrected chi connectivity index (χ1v) is 7.54. The molecule has 1 aliphatic rings. The van der Waals surface area contributed by atoms with E-state index in [9.17, 15) is 4.79 Å². The number of anilines is 1. The van der Waals surface area contributed by atoms with E-state index in [-0.39, 0.29) is 5.91 Å². The standard InChI is InChI=1S/C16H16ClN3O2/c1-22-14-7-6-10(8-12(14)17)20-16(21)15-11-4-2-3-5-13(11)18-9-19-15/h6-9H,2-5H2,1H3,(H,20,21). The molecule has 0 unspecified atom stereocenters. The van der Waals surface area contributed by atoms with Gasteiger partial charge in [-0.3, -0.25) is 4.79 Å². The first-order chi connectivity index (χ1) is 10.7. The predicted molar refractivity (Wildman–Crippen MR) is 84.6 cm³/mol. The van der Waals surface area contributed by atoms with Gasteiger partial charge in [0.2, 0.25) is 0 Å². The lowest BCUT2D eigenvalue weighted by Crippen LogP contribution is -2.20. The van der Waals surface area contributed by atoms with Crippen LogP contribution in [0.1, 0.15) is 34.6 Å². The van der Waals surface area contributed by atoms with Gasteiger partial charge in [0.05, 0.1) is 12.1 Å². The van der Waals surface area contributed by atoms with Crippen molar-refractivity contribution in [3.63, 3.8) is 0 Å². The molecule has 3 rings (SSSR count). The van der Waals surface area contributed by atoms with Gasteiger partial charge in [0.1, 0.15) is 17.8 Å². The molecule has 22 heavy (non-hydrogen) atoms. The Labute approximate surface area is 133 Å². The average Bonchev–Trinajstić information content (AvgIpc) is 2.54. The normalized spacial score (nSPS) is 13.4. The van der Waals surface area contributed by atoms with Crippen LogP contribution in [0.2, 0.25) is 5.02 Å². The van der Waals surface area contributed by atoms with Crippen molar-refractivity contribution in [3.05, 3.63) is 46.5 Å². The van der Waals surface area contributed by atoms with Crippen LogP contribution in [0.15, 0.2) is 24.5 Å². The topological polar surface area (TPSA) is 64.1 Å². The third-order valence-electron chi connectivity index (χ3n) is 3.75. The van der Waals surface area contributed by atoms with Crippen LogP contribution in [0.4, 0.5) is 5.69 Å². The van der Waals surface area contributed by atoms with E-state index < -0.39 is 0 Å². The highest BCUT2D eigenvalue weighted by Gasteiger charge is 2.20. The molecule has 1 aromatic carbocycles. The van der Waals surface area contributed by atoms with Crippen molar-refractivity contribution >= 4 is 23.2 Å². The van der Waals surface area contributed by atoms with Gasteiger partial charge < -0.3 is 10.1 Å². The lowest BCUT2D eigenvalue weighted by molar-refractivity contribution is 0.102. The Kier molecular flexibility index (Phi) is 4.24. The molecule has 1 heterocycles. The van der Waals surface area contributed by atoms with E-state index in [1.54, 1.807) is 25.3 Å². The molecular weight excluding hydrogens is 302 g/mol. The van der Waals surface area contributed by atoms with Crippen molar-refractivity contribution in [1.29, 1.82) is 0 Å². The third kappa shape index (κ3) is 2.90. The number of carbonyl (C=O) groups is 1. The smallest absolute Gasteiger partial charge is 0.274 e. The molecule has 6 heteroatoms. The first kappa shape index (κ1) is 14.8. The van der Waals surface area contributed by atoms with Crippen LogP contribution >= 0.6 is 11.6 Å². The fourth-order valence-corrected chi connectivity index (χ4v) is 2.91. The molecule has 114 valence electrons. The van der Waals surface area contributed by atoms with E-state index in [0.29, 0.717) is 22.2 Å². The SMILES string of the molecule is COc1ccc(NC(=O)c2ncnc3c2CCCC3)cc1Cl. The molecule has 1 aromatic heterocycles. The van der Waals surface area contributed by atoms with Gasteiger partial charge >= 0.3 is 0 Å². The molecule has 1 amide bonds. The maximum Gasteiger partial charge on any atom is 0.274 e. The number of hydrogen-bond donors (Lipinski definition) is 1. The number of aromatic nitrogens is 2. The molecule has 1 aliphatic carbocycles. The van der Waals surface area contributed by atoms with E-state index in [4.69, 9.17) is 16.3 Å². The quantitative estimate of drug-likeness (QED) is 0.943. The van der Waals surface area contributed by atoms with Gasteiger partial charge in [-0.25, -0.2) is 9.97 Å². The zero-order valence-corrected chi connectivity index (χ0v) is 13.0. The number of carbonyl (C=O) groups excluding carboxylic acids is 1. The summed E-state index contributed by atoms with van der Waals surface area (Å²) in [7, 11) is 1.55. The van der Waals surface area contributed by atoms with Gasteiger partial charge in [0, 0.05) is 16.9 Å². The van der Waals surface area contributed by atoms with Crippen molar-refractivity contribution in [3.8, 4) is 5.75 Å². The minimum Gasteiger partial charge on any atom is -0.495 e. The lowest BCUT2D eigenvalue weighted by Gasteiger charge is -2.17. The molecule has 0 bridgehead atoms. The summed E-state index contributed by atoms with van der Waals surface area (Å²) in [4.78, 5) is 20.9. The van der Waals surface area contributed by atoms with Crippen LogP contribution < -0.4 is 10.1 Å². The maximum absolute atomic E-state index is 12.5. The molecular formula is C16H16ClN3O2. The summed E-state index contributed by atoms with van der Waals surface area (Å²) in [6.45, 7) is 0. The number of amides is 1. The van der Waals surface area contributed by atoms with Crippen LogP contribution in [0.25, 0.3) is 0 Å². The molecule has 0 radical (unpaired) electrons. The number of fused-ring (bicyclic) bond motifs is 1. The highest BCUT2D eigenvalue weighted by atomic mass is 35.5.